The summed E-state index contributed by atoms with van der Waals surface area (Å²) < 4.78 is 15.0. The molecule has 0 unspecified atom stereocenters. The summed E-state index contributed by atoms with van der Waals surface area (Å²) in [6.07, 6.45) is 1.99. The maximum Gasteiger partial charge on any atom is 0.264 e. The van der Waals surface area contributed by atoms with Crippen LogP contribution in [0.5, 0.6) is 0 Å². The summed E-state index contributed by atoms with van der Waals surface area (Å²) in [6, 6.07) is 20.4. The van der Waals surface area contributed by atoms with Crippen molar-refractivity contribution < 1.29 is 9.18 Å². The van der Waals surface area contributed by atoms with Gasteiger partial charge < -0.3 is 5.32 Å². The van der Waals surface area contributed by atoms with E-state index in [1.165, 1.54) is 16.7 Å². The standard InChI is InChI=1S/C27H22ClFN2O2/c1-16-23(26(32)30-25(17-10-11-17)18-12-14-19(29)15-13-18)21-8-5-9-22(28)24(21)27(33)31(16)20-6-3-2-4-7-20/h2-9,12-15,17,25H,10-11H2,1H3,(H,30,32)/t25-/m0/s1. The molecule has 33 heavy (non-hydrogen) atoms. The third kappa shape index (κ3) is 3.93. The van der Waals surface area contributed by atoms with E-state index in [1.54, 1.807) is 37.3 Å². The molecule has 4 nitrogen and oxygen atoms in total. The number of fused-ring (bicyclic) bond motifs is 1. The van der Waals surface area contributed by atoms with Crippen LogP contribution in [-0.4, -0.2) is 10.5 Å². The maximum atomic E-state index is 13.7. The lowest BCUT2D eigenvalue weighted by molar-refractivity contribution is 0.0932. The molecule has 1 saturated carbocycles. The second-order valence-electron chi connectivity index (χ2n) is 8.44. The van der Waals surface area contributed by atoms with E-state index in [0.29, 0.717) is 38.7 Å². The van der Waals surface area contributed by atoms with Gasteiger partial charge in [0.05, 0.1) is 22.0 Å². The third-order valence-electron chi connectivity index (χ3n) is 6.25. The molecule has 0 aliphatic heterocycles. The van der Waals surface area contributed by atoms with Crippen LogP contribution in [0.2, 0.25) is 5.02 Å². The number of halogens is 2. The fourth-order valence-corrected chi connectivity index (χ4v) is 4.74. The minimum absolute atomic E-state index is 0.233. The number of rotatable bonds is 5. The Hall–Kier alpha value is -3.44. The van der Waals surface area contributed by atoms with Crippen LogP contribution >= 0.6 is 11.6 Å². The molecule has 1 N–H and O–H groups in total. The Bertz CT molecular complexity index is 1410. The van der Waals surface area contributed by atoms with Crippen molar-refractivity contribution in [2.24, 2.45) is 5.92 Å². The van der Waals surface area contributed by atoms with Crippen molar-refractivity contribution in [3.05, 3.63) is 111 Å². The highest BCUT2D eigenvalue weighted by molar-refractivity contribution is 6.36. The van der Waals surface area contributed by atoms with Gasteiger partial charge in [-0.15, -0.1) is 0 Å². The summed E-state index contributed by atoms with van der Waals surface area (Å²) in [5, 5.41) is 4.29. The van der Waals surface area contributed by atoms with Gasteiger partial charge in [0.25, 0.3) is 11.5 Å². The first-order valence-electron chi connectivity index (χ1n) is 10.9. The highest BCUT2D eigenvalue weighted by atomic mass is 35.5. The number of nitrogens with zero attached hydrogens (tertiary/aromatic N) is 1. The molecule has 166 valence electrons. The van der Waals surface area contributed by atoms with E-state index in [-0.39, 0.29) is 23.3 Å². The number of para-hydroxylation sites is 1. The molecule has 0 saturated heterocycles. The van der Waals surface area contributed by atoms with Crippen molar-refractivity contribution in [2.45, 2.75) is 25.8 Å². The molecule has 1 atom stereocenters. The molecule has 4 aromatic rings. The van der Waals surface area contributed by atoms with Gasteiger partial charge in [-0.05, 0) is 61.6 Å². The van der Waals surface area contributed by atoms with E-state index < -0.39 is 0 Å². The summed E-state index contributed by atoms with van der Waals surface area (Å²) in [7, 11) is 0. The van der Waals surface area contributed by atoms with Gasteiger partial charge in [-0.1, -0.05) is 54.1 Å². The Kier molecular flexibility index (Phi) is 5.51. The molecule has 0 spiro atoms. The number of nitrogens with one attached hydrogen (secondary N) is 1. The van der Waals surface area contributed by atoms with Gasteiger partial charge in [0.2, 0.25) is 0 Å². The predicted octanol–water partition coefficient (Wildman–Crippen LogP) is 5.97. The number of benzene rings is 3. The maximum absolute atomic E-state index is 13.7. The molecule has 6 heteroatoms. The Balaban J connectivity index is 1.67. The van der Waals surface area contributed by atoms with Crippen LogP contribution in [0.3, 0.4) is 0 Å². The normalized spacial score (nSPS) is 14.3. The highest BCUT2D eigenvalue weighted by Crippen LogP contribution is 2.41. The monoisotopic (exact) mass is 460 g/mol. The molecule has 1 fully saturated rings. The predicted molar refractivity (Wildman–Crippen MR) is 129 cm³/mol. The smallest absolute Gasteiger partial charge is 0.264 e. The Morgan fingerprint density at radius 2 is 1.73 bits per heavy atom. The van der Waals surface area contributed by atoms with Gasteiger partial charge in [0.15, 0.2) is 0 Å². The van der Waals surface area contributed by atoms with Gasteiger partial charge in [-0.3, -0.25) is 14.2 Å². The fraction of sp³-hybridized carbons (Fsp3) is 0.185. The van der Waals surface area contributed by atoms with Crippen LogP contribution in [0, 0.1) is 18.7 Å². The third-order valence-corrected chi connectivity index (χ3v) is 6.56. The van der Waals surface area contributed by atoms with E-state index in [2.05, 4.69) is 5.32 Å². The molecule has 1 aliphatic carbocycles. The van der Waals surface area contributed by atoms with Crippen LogP contribution in [0.1, 0.15) is 40.5 Å². The number of carbonyl (C=O) groups excluding carboxylic acids is 1. The number of aromatic nitrogens is 1. The van der Waals surface area contributed by atoms with Crippen LogP contribution in [0.4, 0.5) is 4.39 Å². The molecule has 1 amide bonds. The van der Waals surface area contributed by atoms with Crippen molar-refractivity contribution in [3.63, 3.8) is 0 Å². The average molecular weight is 461 g/mol. The summed E-state index contributed by atoms with van der Waals surface area (Å²) >= 11 is 6.45. The van der Waals surface area contributed by atoms with Crippen molar-refractivity contribution in [1.82, 2.24) is 9.88 Å². The summed E-state index contributed by atoms with van der Waals surface area (Å²) in [5.41, 5.74) is 2.20. The van der Waals surface area contributed by atoms with Crippen LogP contribution in [-0.2, 0) is 0 Å². The Labute approximate surface area is 195 Å². The van der Waals surface area contributed by atoms with E-state index in [9.17, 15) is 14.0 Å². The topological polar surface area (TPSA) is 51.1 Å². The quantitative estimate of drug-likeness (QED) is 0.398. The highest BCUT2D eigenvalue weighted by Gasteiger charge is 2.34. The van der Waals surface area contributed by atoms with Crippen LogP contribution in [0.25, 0.3) is 16.5 Å². The number of hydrogen-bond acceptors (Lipinski definition) is 2. The van der Waals surface area contributed by atoms with Gasteiger partial charge in [0, 0.05) is 16.8 Å². The number of amides is 1. The fourth-order valence-electron chi connectivity index (χ4n) is 4.48. The minimum Gasteiger partial charge on any atom is -0.345 e. The van der Waals surface area contributed by atoms with E-state index >= 15 is 0 Å². The van der Waals surface area contributed by atoms with E-state index in [4.69, 9.17) is 11.6 Å². The van der Waals surface area contributed by atoms with Crippen LogP contribution < -0.4 is 10.9 Å². The summed E-state index contributed by atoms with van der Waals surface area (Å²) in [5.74, 6) is -0.300. The first kappa shape index (κ1) is 21.4. The average Bonchev–Trinajstić information content (AvgIpc) is 3.64. The largest absolute Gasteiger partial charge is 0.345 e. The molecule has 1 aromatic heterocycles. The summed E-state index contributed by atoms with van der Waals surface area (Å²) in [4.78, 5) is 27.2. The molecule has 1 heterocycles. The molecular formula is C27H22ClFN2O2. The van der Waals surface area contributed by atoms with Crippen molar-refractivity contribution in [1.29, 1.82) is 0 Å². The van der Waals surface area contributed by atoms with Crippen molar-refractivity contribution in [2.75, 3.05) is 0 Å². The van der Waals surface area contributed by atoms with Crippen LogP contribution in [0.15, 0.2) is 77.6 Å². The van der Waals surface area contributed by atoms with E-state index in [1.807, 2.05) is 30.3 Å². The van der Waals surface area contributed by atoms with Gasteiger partial charge in [0.1, 0.15) is 5.82 Å². The lowest BCUT2D eigenvalue weighted by Crippen LogP contribution is -2.33. The molecular weight excluding hydrogens is 439 g/mol. The first-order chi connectivity index (χ1) is 16.0. The van der Waals surface area contributed by atoms with Gasteiger partial charge >= 0.3 is 0 Å². The van der Waals surface area contributed by atoms with Crippen molar-refractivity contribution in [3.8, 4) is 5.69 Å². The SMILES string of the molecule is Cc1c(C(=O)N[C@H](c2ccc(F)cc2)C2CC2)c2cccc(Cl)c2c(=O)n1-c1ccccc1. The van der Waals surface area contributed by atoms with E-state index in [0.717, 1.165) is 18.4 Å². The lowest BCUT2D eigenvalue weighted by atomic mass is 9.99. The van der Waals surface area contributed by atoms with Gasteiger partial charge in [-0.25, -0.2) is 4.39 Å². The molecule has 5 rings (SSSR count). The Morgan fingerprint density at radius 3 is 2.39 bits per heavy atom. The Morgan fingerprint density at radius 1 is 1.03 bits per heavy atom. The summed E-state index contributed by atoms with van der Waals surface area (Å²) in [6.45, 7) is 1.77. The zero-order valence-electron chi connectivity index (χ0n) is 18.0. The minimum atomic E-state index is -0.314. The zero-order chi connectivity index (χ0) is 23.1. The number of pyridine rings is 1. The number of carbonyl (C=O) groups is 1. The molecule has 0 bridgehead atoms. The molecule has 1 aliphatic rings. The second-order valence-corrected chi connectivity index (χ2v) is 8.85. The molecule has 3 aromatic carbocycles. The second kappa shape index (κ2) is 8.49. The lowest BCUT2D eigenvalue weighted by Gasteiger charge is -2.22. The zero-order valence-corrected chi connectivity index (χ0v) is 18.8. The number of hydrogen-bond donors (Lipinski definition) is 1. The van der Waals surface area contributed by atoms with Crippen molar-refractivity contribution >= 4 is 28.3 Å². The van der Waals surface area contributed by atoms with Gasteiger partial charge in [-0.2, -0.15) is 0 Å². The first-order valence-corrected chi connectivity index (χ1v) is 11.3. The molecule has 0 radical (unpaired) electrons.